The molecule has 0 heterocycles. The predicted molar refractivity (Wildman–Crippen MR) is 71.4 cm³/mol. The lowest BCUT2D eigenvalue weighted by Gasteiger charge is -2.16. The normalized spacial score (nSPS) is 13.3. The molecule has 108 valence electrons. The van der Waals surface area contributed by atoms with Gasteiger partial charge in [-0.2, -0.15) is 0 Å². The van der Waals surface area contributed by atoms with Crippen molar-refractivity contribution >= 4 is 33.5 Å². The van der Waals surface area contributed by atoms with Crippen molar-refractivity contribution in [1.82, 2.24) is 5.32 Å². The van der Waals surface area contributed by atoms with E-state index in [0.717, 1.165) is 6.07 Å². The molecule has 0 aliphatic rings. The van der Waals surface area contributed by atoms with Crippen LogP contribution in [0.3, 0.4) is 0 Å². The second-order valence-electron chi connectivity index (χ2n) is 3.95. The van der Waals surface area contributed by atoms with Gasteiger partial charge < -0.3 is 15.5 Å². The third kappa shape index (κ3) is 3.75. The fourth-order valence-electron chi connectivity index (χ4n) is 1.41. The van der Waals surface area contributed by atoms with Crippen LogP contribution in [0.4, 0.5) is 5.69 Å². The smallest absolute Gasteiger partial charge is 0.328 e. The number of nitrogens with zero attached hydrogens (tertiary/aromatic N) is 1. The molecule has 3 N–H and O–H groups in total. The Balaban J connectivity index is 3.01. The monoisotopic (exact) mass is 346 g/mol. The summed E-state index contributed by atoms with van der Waals surface area (Å²) in [5.74, 6) is -2.23. The molecular weight excluding hydrogens is 336 g/mol. The number of halogens is 1. The van der Waals surface area contributed by atoms with Gasteiger partial charge in [-0.05, 0) is 35.0 Å². The van der Waals surface area contributed by atoms with E-state index < -0.39 is 28.9 Å². The Morgan fingerprint density at radius 3 is 2.50 bits per heavy atom. The van der Waals surface area contributed by atoms with Crippen LogP contribution in [0.25, 0.3) is 0 Å². The maximum Gasteiger partial charge on any atom is 0.328 e. The van der Waals surface area contributed by atoms with Crippen molar-refractivity contribution in [1.29, 1.82) is 0 Å². The molecule has 1 aromatic carbocycles. The molecule has 0 bridgehead atoms. The van der Waals surface area contributed by atoms with E-state index in [4.69, 9.17) is 5.11 Å². The molecule has 9 heteroatoms. The number of nitro benzene ring substituents is 1. The molecule has 0 radical (unpaired) electrons. The zero-order valence-electron chi connectivity index (χ0n) is 10.2. The molecule has 0 saturated heterocycles. The number of carboxylic acids is 1. The van der Waals surface area contributed by atoms with Gasteiger partial charge >= 0.3 is 5.97 Å². The molecule has 1 rings (SSSR count). The van der Waals surface area contributed by atoms with Crippen molar-refractivity contribution in [3.63, 3.8) is 0 Å². The van der Waals surface area contributed by atoms with Crippen LogP contribution in [0.15, 0.2) is 22.7 Å². The van der Waals surface area contributed by atoms with Crippen LogP contribution in [-0.4, -0.2) is 39.2 Å². The number of hydrogen-bond donors (Lipinski definition) is 3. The zero-order chi connectivity index (χ0) is 15.4. The molecule has 0 aliphatic heterocycles. The second kappa shape index (κ2) is 6.44. The summed E-state index contributed by atoms with van der Waals surface area (Å²) in [6.07, 6.45) is -1.30. The molecule has 2 atom stereocenters. The SMILES string of the molecule is CC(O)C(NC(=O)c1ccc(Br)c([N+](=O)[O-])c1)C(=O)O. The van der Waals surface area contributed by atoms with Gasteiger partial charge in [0.25, 0.3) is 11.6 Å². The van der Waals surface area contributed by atoms with Crippen LogP contribution in [0.2, 0.25) is 0 Å². The summed E-state index contributed by atoms with van der Waals surface area (Å²) in [5.41, 5.74) is -0.395. The maximum atomic E-state index is 11.8. The fourth-order valence-corrected chi connectivity index (χ4v) is 1.80. The summed E-state index contributed by atoms with van der Waals surface area (Å²) >= 11 is 2.97. The summed E-state index contributed by atoms with van der Waals surface area (Å²) in [4.78, 5) is 32.7. The van der Waals surface area contributed by atoms with Gasteiger partial charge in [-0.15, -0.1) is 0 Å². The van der Waals surface area contributed by atoms with E-state index in [-0.39, 0.29) is 15.7 Å². The van der Waals surface area contributed by atoms with Crippen molar-refractivity contribution in [2.24, 2.45) is 0 Å². The number of rotatable bonds is 5. The second-order valence-corrected chi connectivity index (χ2v) is 4.81. The predicted octanol–water partition coefficient (Wildman–Crippen LogP) is 0.921. The molecular formula is C11H11BrN2O6. The molecule has 0 aliphatic carbocycles. The lowest BCUT2D eigenvalue weighted by molar-refractivity contribution is -0.385. The highest BCUT2D eigenvalue weighted by Gasteiger charge is 2.26. The number of carbonyl (C=O) groups excluding carboxylic acids is 1. The summed E-state index contributed by atoms with van der Waals surface area (Å²) < 4.78 is 0.198. The van der Waals surface area contributed by atoms with Crippen LogP contribution in [0.1, 0.15) is 17.3 Å². The van der Waals surface area contributed by atoms with E-state index >= 15 is 0 Å². The Morgan fingerprint density at radius 1 is 1.45 bits per heavy atom. The minimum atomic E-state index is -1.50. The standard InChI is InChI=1S/C11H11BrN2O6/c1-5(15)9(11(17)18)13-10(16)6-2-3-7(12)8(4-6)14(19)20/h2-5,9,15H,1H3,(H,13,16)(H,17,18). The lowest BCUT2D eigenvalue weighted by atomic mass is 10.1. The van der Waals surface area contributed by atoms with Crippen LogP contribution in [0, 0.1) is 10.1 Å². The Hall–Kier alpha value is -2.00. The third-order valence-electron chi connectivity index (χ3n) is 2.44. The van der Waals surface area contributed by atoms with Gasteiger partial charge in [-0.25, -0.2) is 4.79 Å². The number of aliphatic hydroxyl groups excluding tert-OH is 1. The molecule has 8 nitrogen and oxygen atoms in total. The highest BCUT2D eigenvalue weighted by atomic mass is 79.9. The lowest BCUT2D eigenvalue weighted by Crippen LogP contribution is -2.47. The van der Waals surface area contributed by atoms with E-state index in [2.05, 4.69) is 21.2 Å². The highest BCUT2D eigenvalue weighted by Crippen LogP contribution is 2.25. The van der Waals surface area contributed by atoms with Gasteiger partial charge in [0.2, 0.25) is 0 Å². The molecule has 1 aromatic rings. The number of benzene rings is 1. The van der Waals surface area contributed by atoms with Gasteiger partial charge in [-0.1, -0.05) is 0 Å². The molecule has 0 saturated carbocycles. The van der Waals surface area contributed by atoms with Gasteiger partial charge in [0.15, 0.2) is 6.04 Å². The topological polar surface area (TPSA) is 130 Å². The summed E-state index contributed by atoms with van der Waals surface area (Å²) in [5, 5.41) is 30.9. The summed E-state index contributed by atoms with van der Waals surface area (Å²) in [6, 6.07) is 2.13. The quantitative estimate of drug-likeness (QED) is 0.536. The van der Waals surface area contributed by atoms with Crippen molar-refractivity contribution in [3.05, 3.63) is 38.3 Å². The number of carbonyl (C=O) groups is 2. The van der Waals surface area contributed by atoms with Crippen LogP contribution in [-0.2, 0) is 4.79 Å². The largest absolute Gasteiger partial charge is 0.480 e. The minimum Gasteiger partial charge on any atom is -0.480 e. The average molecular weight is 347 g/mol. The van der Waals surface area contributed by atoms with E-state index in [1.165, 1.54) is 19.1 Å². The Labute approximate surface area is 121 Å². The first-order chi connectivity index (χ1) is 9.23. The summed E-state index contributed by atoms with van der Waals surface area (Å²) in [6.45, 7) is 1.21. The van der Waals surface area contributed by atoms with Gasteiger partial charge in [-0.3, -0.25) is 14.9 Å². The number of aliphatic carboxylic acids is 1. The molecule has 1 amide bonds. The fraction of sp³-hybridized carbons (Fsp3) is 0.273. The number of amides is 1. The van der Waals surface area contributed by atoms with Crippen molar-refractivity contribution in [3.8, 4) is 0 Å². The van der Waals surface area contributed by atoms with Crippen LogP contribution in [0.5, 0.6) is 0 Å². The van der Waals surface area contributed by atoms with Crippen molar-refractivity contribution in [2.75, 3.05) is 0 Å². The van der Waals surface area contributed by atoms with Gasteiger partial charge in [0.1, 0.15) is 0 Å². The first-order valence-corrected chi connectivity index (χ1v) is 6.19. The molecule has 0 aromatic heterocycles. The number of carboxylic acid groups (broad SMARTS) is 1. The maximum absolute atomic E-state index is 11.8. The number of aliphatic hydroxyl groups is 1. The van der Waals surface area contributed by atoms with Gasteiger partial charge in [0.05, 0.1) is 15.5 Å². The molecule has 20 heavy (non-hydrogen) atoms. The minimum absolute atomic E-state index is 0.0770. The van der Waals surface area contributed by atoms with Gasteiger partial charge in [0, 0.05) is 11.6 Å². The number of nitro groups is 1. The Morgan fingerprint density at radius 2 is 2.05 bits per heavy atom. The number of hydrogen-bond acceptors (Lipinski definition) is 5. The molecule has 2 unspecified atom stereocenters. The Kier molecular flexibility index (Phi) is 5.17. The molecule has 0 fully saturated rings. The highest BCUT2D eigenvalue weighted by molar-refractivity contribution is 9.10. The summed E-state index contributed by atoms with van der Waals surface area (Å²) in [7, 11) is 0. The van der Waals surface area contributed by atoms with E-state index in [1.54, 1.807) is 0 Å². The van der Waals surface area contributed by atoms with E-state index in [0.29, 0.717) is 0 Å². The van der Waals surface area contributed by atoms with Crippen LogP contribution < -0.4 is 5.32 Å². The van der Waals surface area contributed by atoms with Crippen molar-refractivity contribution < 1.29 is 24.7 Å². The van der Waals surface area contributed by atoms with E-state index in [9.17, 15) is 24.8 Å². The first-order valence-electron chi connectivity index (χ1n) is 5.39. The average Bonchev–Trinajstić information content (AvgIpc) is 2.34. The first kappa shape index (κ1) is 16.1. The number of nitrogens with one attached hydrogen (secondary N) is 1. The molecule has 0 spiro atoms. The Bertz CT molecular complexity index is 560. The van der Waals surface area contributed by atoms with Crippen LogP contribution >= 0.6 is 15.9 Å². The zero-order valence-corrected chi connectivity index (χ0v) is 11.8. The van der Waals surface area contributed by atoms with E-state index in [1.807, 2.05) is 0 Å². The third-order valence-corrected chi connectivity index (χ3v) is 3.11. The van der Waals surface area contributed by atoms with Crippen molar-refractivity contribution in [2.45, 2.75) is 19.1 Å².